The number of hydrogen-bond donors (Lipinski definition) is 0. The molecule has 40 heavy (non-hydrogen) atoms. The van der Waals surface area contributed by atoms with Gasteiger partial charge in [-0.25, -0.2) is 14.2 Å². The minimum atomic E-state index is -0.706. The van der Waals surface area contributed by atoms with Crippen LogP contribution in [0.4, 0.5) is 4.39 Å². The van der Waals surface area contributed by atoms with E-state index in [1.807, 2.05) is 42.7 Å². The minimum Gasteiger partial charge on any atom is -0.497 e. The van der Waals surface area contributed by atoms with Crippen molar-refractivity contribution in [2.75, 3.05) is 7.11 Å². The van der Waals surface area contributed by atoms with Crippen molar-refractivity contribution in [3.63, 3.8) is 0 Å². The van der Waals surface area contributed by atoms with E-state index in [4.69, 9.17) is 9.47 Å². The van der Waals surface area contributed by atoms with Crippen LogP contribution >= 0.6 is 11.3 Å². The Morgan fingerprint density at radius 1 is 1.07 bits per heavy atom. The molecule has 0 saturated heterocycles. The molecule has 0 aliphatic carbocycles. The Morgan fingerprint density at radius 2 is 1.75 bits per heavy atom. The molecule has 1 aliphatic rings. The fraction of sp³-hybridized carbons (Fsp3) is 0.258. The lowest BCUT2D eigenvalue weighted by Crippen LogP contribution is -2.40. The first-order valence-corrected chi connectivity index (χ1v) is 13.7. The quantitative estimate of drug-likeness (QED) is 0.320. The number of esters is 1. The van der Waals surface area contributed by atoms with Crippen LogP contribution in [0.3, 0.4) is 0 Å². The van der Waals surface area contributed by atoms with Gasteiger partial charge >= 0.3 is 5.97 Å². The highest BCUT2D eigenvalue weighted by Crippen LogP contribution is 2.32. The van der Waals surface area contributed by atoms with Crippen molar-refractivity contribution >= 4 is 23.4 Å². The summed E-state index contributed by atoms with van der Waals surface area (Å²) in [5.41, 5.74) is 4.89. The van der Waals surface area contributed by atoms with Gasteiger partial charge in [0.1, 0.15) is 11.6 Å². The van der Waals surface area contributed by atoms with E-state index in [1.54, 1.807) is 56.7 Å². The highest BCUT2D eigenvalue weighted by molar-refractivity contribution is 7.07. The fourth-order valence-corrected chi connectivity index (χ4v) is 6.06. The number of aromatic nitrogens is 2. The number of benzene rings is 2. The van der Waals surface area contributed by atoms with Gasteiger partial charge in [-0.3, -0.25) is 9.36 Å². The lowest BCUT2D eigenvalue weighted by Gasteiger charge is -2.25. The van der Waals surface area contributed by atoms with Crippen LogP contribution in [-0.4, -0.2) is 28.3 Å². The summed E-state index contributed by atoms with van der Waals surface area (Å²) in [5, 5.41) is 0. The Balaban J connectivity index is 1.67. The van der Waals surface area contributed by atoms with Crippen LogP contribution in [0.15, 0.2) is 75.7 Å². The molecule has 1 aliphatic heterocycles. The first kappa shape index (κ1) is 27.3. The van der Waals surface area contributed by atoms with Gasteiger partial charge in [-0.05, 0) is 94.3 Å². The molecule has 0 unspecified atom stereocenters. The first-order valence-electron chi connectivity index (χ1n) is 12.9. The molecule has 0 amide bonds. The summed E-state index contributed by atoms with van der Waals surface area (Å²) in [6, 6.07) is 14.9. The molecule has 0 bridgehead atoms. The Hall–Kier alpha value is -4.24. The van der Waals surface area contributed by atoms with Gasteiger partial charge in [0.15, 0.2) is 4.80 Å². The molecule has 0 radical (unpaired) electrons. The fourth-order valence-electron chi connectivity index (χ4n) is 5.02. The smallest absolute Gasteiger partial charge is 0.338 e. The molecule has 7 nitrogen and oxygen atoms in total. The van der Waals surface area contributed by atoms with Crippen molar-refractivity contribution < 1.29 is 18.7 Å². The standard InChI is InChI=1S/C31H30FN3O4S/c1-17(2)39-30(37)27-19(4)33-31-35(28(27)21-7-13-25(38-6)14-8-21)29(36)26(40-31)16-22-15-18(3)34(20(22)5)24-11-9-23(32)10-12-24/h7-17,28H,1-6H3/t28-/m1/s1. The zero-order valence-corrected chi connectivity index (χ0v) is 24.0. The summed E-state index contributed by atoms with van der Waals surface area (Å²) >= 11 is 1.27. The number of methoxy groups -OCH3 is 1. The molecule has 0 saturated carbocycles. The van der Waals surface area contributed by atoms with Crippen LogP contribution in [-0.2, 0) is 9.53 Å². The van der Waals surface area contributed by atoms with Crippen molar-refractivity contribution in [1.82, 2.24) is 9.13 Å². The SMILES string of the molecule is COc1ccc([C@@H]2C(C(=O)OC(C)C)=C(C)N=c3sc(=Cc4cc(C)n(-c5ccc(F)cc5)c4C)c(=O)n32)cc1. The summed E-state index contributed by atoms with van der Waals surface area (Å²) in [6.45, 7) is 9.26. The minimum absolute atomic E-state index is 0.251. The number of carbonyl (C=O) groups excluding carboxylic acids is 1. The topological polar surface area (TPSA) is 74.8 Å². The Labute approximate surface area is 235 Å². The van der Waals surface area contributed by atoms with Crippen LogP contribution in [0, 0.1) is 19.7 Å². The molecule has 0 N–H and O–H groups in total. The first-order chi connectivity index (χ1) is 19.1. The van der Waals surface area contributed by atoms with Gasteiger partial charge in [-0.2, -0.15) is 0 Å². The van der Waals surface area contributed by atoms with Crippen LogP contribution in [0.5, 0.6) is 5.75 Å². The van der Waals surface area contributed by atoms with Crippen LogP contribution in [0.1, 0.15) is 49.3 Å². The lowest BCUT2D eigenvalue weighted by molar-refractivity contribution is -0.143. The molecule has 2 aromatic heterocycles. The molecule has 0 fully saturated rings. The van der Waals surface area contributed by atoms with E-state index in [-0.39, 0.29) is 17.5 Å². The second-order valence-electron chi connectivity index (χ2n) is 9.95. The van der Waals surface area contributed by atoms with Crippen molar-refractivity contribution in [2.45, 2.75) is 46.8 Å². The van der Waals surface area contributed by atoms with E-state index in [0.29, 0.717) is 26.4 Å². The van der Waals surface area contributed by atoms with E-state index >= 15 is 0 Å². The Kier molecular flexibility index (Phi) is 7.33. The summed E-state index contributed by atoms with van der Waals surface area (Å²) < 4.78 is 28.5. The number of halogens is 1. The molecule has 2 aromatic carbocycles. The van der Waals surface area contributed by atoms with Crippen molar-refractivity contribution in [3.05, 3.63) is 114 Å². The highest BCUT2D eigenvalue weighted by atomic mass is 32.1. The summed E-state index contributed by atoms with van der Waals surface area (Å²) in [7, 11) is 1.58. The maximum atomic E-state index is 14.0. The van der Waals surface area contributed by atoms with Crippen molar-refractivity contribution in [2.24, 2.45) is 4.99 Å². The summed E-state index contributed by atoms with van der Waals surface area (Å²) in [5.74, 6) is -0.139. The third-order valence-electron chi connectivity index (χ3n) is 6.86. The number of aryl methyl sites for hydroxylation is 1. The van der Waals surface area contributed by atoms with Crippen LogP contribution < -0.4 is 19.6 Å². The van der Waals surface area contributed by atoms with Gasteiger partial charge in [0.25, 0.3) is 5.56 Å². The third-order valence-corrected chi connectivity index (χ3v) is 7.84. The zero-order chi connectivity index (χ0) is 28.7. The second-order valence-corrected chi connectivity index (χ2v) is 11.0. The molecule has 5 rings (SSSR count). The van der Waals surface area contributed by atoms with Crippen molar-refractivity contribution in [1.29, 1.82) is 0 Å². The molecule has 3 heterocycles. The Bertz CT molecular complexity index is 1810. The number of fused-ring (bicyclic) bond motifs is 1. The van der Waals surface area contributed by atoms with Gasteiger partial charge in [-0.15, -0.1) is 0 Å². The molecule has 206 valence electrons. The molecule has 1 atom stereocenters. The van der Waals surface area contributed by atoms with Gasteiger partial charge in [0.05, 0.1) is 35.1 Å². The molecule has 0 spiro atoms. The third kappa shape index (κ3) is 4.93. The largest absolute Gasteiger partial charge is 0.497 e. The van der Waals surface area contributed by atoms with E-state index in [2.05, 4.69) is 4.99 Å². The average Bonchev–Trinajstić information content (AvgIpc) is 3.37. The van der Waals surface area contributed by atoms with Crippen LogP contribution in [0.25, 0.3) is 11.8 Å². The maximum absolute atomic E-state index is 14.0. The summed E-state index contributed by atoms with van der Waals surface area (Å²) in [4.78, 5) is 32.4. The van der Waals surface area contributed by atoms with E-state index in [0.717, 1.165) is 28.2 Å². The van der Waals surface area contributed by atoms with Gasteiger partial charge in [-0.1, -0.05) is 23.5 Å². The van der Waals surface area contributed by atoms with Gasteiger partial charge < -0.3 is 14.0 Å². The number of ether oxygens (including phenoxy) is 2. The van der Waals surface area contributed by atoms with Crippen molar-refractivity contribution in [3.8, 4) is 11.4 Å². The average molecular weight is 560 g/mol. The maximum Gasteiger partial charge on any atom is 0.338 e. The Morgan fingerprint density at radius 3 is 2.38 bits per heavy atom. The number of thiazole rings is 1. The van der Waals surface area contributed by atoms with Crippen LogP contribution in [0.2, 0.25) is 0 Å². The number of hydrogen-bond acceptors (Lipinski definition) is 6. The molecule has 4 aromatic rings. The highest BCUT2D eigenvalue weighted by Gasteiger charge is 2.33. The van der Waals surface area contributed by atoms with E-state index in [1.165, 1.54) is 23.5 Å². The second kappa shape index (κ2) is 10.7. The lowest BCUT2D eigenvalue weighted by atomic mass is 9.96. The van der Waals surface area contributed by atoms with Gasteiger partial charge in [0, 0.05) is 17.1 Å². The van der Waals surface area contributed by atoms with E-state index in [9.17, 15) is 14.0 Å². The number of carbonyl (C=O) groups is 1. The summed E-state index contributed by atoms with van der Waals surface area (Å²) in [6.07, 6.45) is 1.52. The molecular weight excluding hydrogens is 529 g/mol. The van der Waals surface area contributed by atoms with E-state index < -0.39 is 12.0 Å². The molecular formula is C31H30FN3O4S. The number of nitrogens with zero attached hydrogens (tertiary/aromatic N) is 3. The molecule has 9 heteroatoms. The number of rotatable bonds is 6. The monoisotopic (exact) mass is 559 g/mol. The zero-order valence-electron chi connectivity index (χ0n) is 23.2. The van der Waals surface area contributed by atoms with Gasteiger partial charge in [0.2, 0.25) is 0 Å². The predicted octanol–water partition coefficient (Wildman–Crippen LogP) is 4.74. The number of allylic oxidation sites excluding steroid dienone is 1. The predicted molar refractivity (Wildman–Crippen MR) is 153 cm³/mol. The normalized spacial score (nSPS) is 15.3.